The van der Waals surface area contributed by atoms with Gasteiger partial charge in [-0.15, -0.1) is 11.3 Å². The first-order valence-electron chi connectivity index (χ1n) is 10.0. The molecule has 1 N–H and O–H groups in total. The Morgan fingerprint density at radius 2 is 1.81 bits per heavy atom. The van der Waals surface area contributed by atoms with E-state index in [4.69, 9.17) is 5.41 Å². The number of nitrogens with one attached hydrogen (secondary N) is 1. The maximum Gasteiger partial charge on any atom is 0.405 e. The van der Waals surface area contributed by atoms with Crippen LogP contribution in [-0.4, -0.2) is 18.2 Å². The second-order valence-corrected chi connectivity index (χ2v) is 9.10. The Morgan fingerprint density at radius 3 is 2.31 bits per heavy atom. The van der Waals surface area contributed by atoms with Gasteiger partial charge in [-0.3, -0.25) is 10.3 Å². The second kappa shape index (κ2) is 8.11. The van der Waals surface area contributed by atoms with Crippen LogP contribution in [0.1, 0.15) is 48.6 Å². The third kappa shape index (κ3) is 3.21. The van der Waals surface area contributed by atoms with Crippen molar-refractivity contribution in [3.63, 3.8) is 0 Å². The first-order chi connectivity index (χ1) is 14.9. The number of rotatable bonds is 2. The Bertz CT molecular complexity index is 1020. The van der Waals surface area contributed by atoms with Gasteiger partial charge < -0.3 is 0 Å². The summed E-state index contributed by atoms with van der Waals surface area (Å²) in [5.74, 6) is -6.00. The molecule has 11 heteroatoms. The van der Waals surface area contributed by atoms with E-state index in [1.165, 1.54) is 12.1 Å². The zero-order valence-corrected chi connectivity index (χ0v) is 18.1. The molecule has 0 spiro atoms. The standard InChI is InChI=1S/C21H20F6N4S/c1-3-12-11(2)32-18(13(12)9-28)31-16-8-6-4-5-7-14(16)19(20(22,23)24,21(25,26)27)15(10-29)17(31)30/h8,14-15,30H,3-7H2,1-2H3. The van der Waals surface area contributed by atoms with Crippen LogP contribution in [0.4, 0.5) is 31.3 Å². The number of fused-ring (bicyclic) bond motifs is 1. The summed E-state index contributed by atoms with van der Waals surface area (Å²) in [7, 11) is 0. The number of nitriles is 2. The number of halogens is 6. The van der Waals surface area contributed by atoms with Crippen molar-refractivity contribution in [1.82, 2.24) is 0 Å². The maximum atomic E-state index is 14.3. The number of hydrogen-bond acceptors (Lipinski definition) is 4. The fraction of sp³-hybridized carbons (Fsp3) is 0.571. The zero-order valence-electron chi connectivity index (χ0n) is 17.3. The van der Waals surface area contributed by atoms with Crippen molar-refractivity contribution in [3.05, 3.63) is 27.8 Å². The summed E-state index contributed by atoms with van der Waals surface area (Å²) in [4.78, 5) is 1.70. The van der Waals surface area contributed by atoms with E-state index in [1.54, 1.807) is 13.8 Å². The monoisotopic (exact) mass is 474 g/mol. The predicted molar refractivity (Wildman–Crippen MR) is 107 cm³/mol. The molecule has 0 saturated carbocycles. The smallest absolute Gasteiger partial charge is 0.292 e. The normalized spacial score (nSPS) is 23.6. The van der Waals surface area contributed by atoms with Crippen molar-refractivity contribution in [3.8, 4) is 12.1 Å². The van der Waals surface area contributed by atoms with Gasteiger partial charge in [0.25, 0.3) is 0 Å². The average Bonchev–Trinajstić information content (AvgIpc) is 2.84. The molecule has 2 atom stereocenters. The number of anilines is 1. The molecule has 0 bridgehead atoms. The highest BCUT2D eigenvalue weighted by Gasteiger charge is 2.80. The second-order valence-electron chi connectivity index (χ2n) is 7.90. The lowest BCUT2D eigenvalue weighted by Crippen LogP contribution is -2.67. The van der Waals surface area contributed by atoms with Crippen LogP contribution in [0.5, 0.6) is 0 Å². The van der Waals surface area contributed by atoms with Crippen LogP contribution < -0.4 is 4.90 Å². The van der Waals surface area contributed by atoms with E-state index in [2.05, 4.69) is 0 Å². The van der Waals surface area contributed by atoms with Gasteiger partial charge in [-0.25, -0.2) is 0 Å². The summed E-state index contributed by atoms with van der Waals surface area (Å²) >= 11 is 1.04. The third-order valence-corrected chi connectivity index (χ3v) is 7.49. The van der Waals surface area contributed by atoms with Crippen molar-refractivity contribution in [2.45, 2.75) is 58.3 Å². The van der Waals surface area contributed by atoms with Gasteiger partial charge >= 0.3 is 12.4 Å². The number of alkyl halides is 6. The fourth-order valence-corrected chi connectivity index (χ4v) is 6.19. The van der Waals surface area contributed by atoms with Crippen molar-refractivity contribution in [1.29, 1.82) is 15.9 Å². The molecule has 1 aliphatic carbocycles. The number of nitrogens with zero attached hydrogens (tertiary/aromatic N) is 3. The van der Waals surface area contributed by atoms with E-state index < -0.39 is 41.9 Å². The van der Waals surface area contributed by atoms with E-state index in [0.29, 0.717) is 23.3 Å². The first kappa shape index (κ1) is 24.1. The quantitative estimate of drug-likeness (QED) is 0.490. The minimum atomic E-state index is -5.81. The van der Waals surface area contributed by atoms with E-state index >= 15 is 0 Å². The first-order valence-corrected chi connectivity index (χ1v) is 10.8. The maximum absolute atomic E-state index is 14.3. The molecule has 4 nitrogen and oxygen atoms in total. The van der Waals surface area contributed by atoms with Gasteiger partial charge in [-0.2, -0.15) is 36.9 Å². The summed E-state index contributed by atoms with van der Waals surface area (Å²) in [6.45, 7) is 3.49. The van der Waals surface area contributed by atoms with Crippen molar-refractivity contribution in [2.75, 3.05) is 4.90 Å². The van der Waals surface area contributed by atoms with Gasteiger partial charge in [-0.1, -0.05) is 19.4 Å². The van der Waals surface area contributed by atoms with Crippen molar-refractivity contribution >= 4 is 22.2 Å². The average molecular weight is 474 g/mol. The molecule has 0 radical (unpaired) electrons. The number of amidine groups is 1. The number of allylic oxidation sites excluding steroid dienone is 2. The Balaban J connectivity index is 2.39. The van der Waals surface area contributed by atoms with Gasteiger partial charge in [0, 0.05) is 16.5 Å². The third-order valence-electron chi connectivity index (χ3n) is 6.36. The van der Waals surface area contributed by atoms with Crippen LogP contribution >= 0.6 is 11.3 Å². The molecule has 172 valence electrons. The zero-order chi connectivity index (χ0) is 24.1. The molecule has 2 aliphatic rings. The van der Waals surface area contributed by atoms with Gasteiger partial charge in [0.2, 0.25) is 0 Å². The number of aryl methyl sites for hydroxylation is 1. The number of hydrogen-bond donors (Lipinski definition) is 1. The summed E-state index contributed by atoms with van der Waals surface area (Å²) < 4.78 is 86.0. The molecule has 1 fully saturated rings. The van der Waals surface area contributed by atoms with E-state index in [-0.39, 0.29) is 29.1 Å². The summed E-state index contributed by atoms with van der Waals surface area (Å²) in [5, 5.41) is 27.8. The highest BCUT2D eigenvalue weighted by atomic mass is 32.1. The van der Waals surface area contributed by atoms with E-state index in [1.807, 2.05) is 6.07 Å². The SMILES string of the molecule is CCc1c(C)sc(N2C(=N)C(C#N)C(C(F)(F)F)(C(F)(F)F)C3CCCCC=C32)c1C#N. The van der Waals surface area contributed by atoms with Gasteiger partial charge in [-0.05, 0) is 38.2 Å². The Hall–Kier alpha value is -2.53. The Labute approximate surface area is 185 Å². The van der Waals surface area contributed by atoms with Crippen LogP contribution in [-0.2, 0) is 6.42 Å². The lowest BCUT2D eigenvalue weighted by atomic mass is 9.60. The molecule has 32 heavy (non-hydrogen) atoms. The molecular formula is C21H20F6N4S. The molecule has 2 unspecified atom stereocenters. The molecule has 1 saturated heterocycles. The summed E-state index contributed by atoms with van der Waals surface area (Å²) in [6.07, 6.45) is -9.55. The van der Waals surface area contributed by atoms with Crippen molar-refractivity contribution < 1.29 is 26.3 Å². The van der Waals surface area contributed by atoms with Gasteiger partial charge in [0.1, 0.15) is 22.8 Å². The Morgan fingerprint density at radius 1 is 1.19 bits per heavy atom. The molecule has 0 aromatic carbocycles. The minimum Gasteiger partial charge on any atom is -0.292 e. The summed E-state index contributed by atoms with van der Waals surface area (Å²) in [6, 6.07) is 3.17. The molecule has 1 aliphatic heterocycles. The molecular weight excluding hydrogens is 454 g/mol. The molecule has 3 rings (SSSR count). The van der Waals surface area contributed by atoms with Gasteiger partial charge in [0.05, 0.1) is 11.6 Å². The molecule has 2 heterocycles. The fourth-order valence-electron chi connectivity index (χ4n) is 4.96. The van der Waals surface area contributed by atoms with Crippen molar-refractivity contribution in [2.24, 2.45) is 17.3 Å². The lowest BCUT2D eigenvalue weighted by molar-refractivity contribution is -0.363. The molecule has 0 amide bonds. The minimum absolute atomic E-state index is 0.100. The predicted octanol–water partition coefficient (Wildman–Crippen LogP) is 6.61. The van der Waals surface area contributed by atoms with E-state index in [9.17, 15) is 36.9 Å². The molecule has 1 aromatic heterocycles. The van der Waals surface area contributed by atoms with Crippen LogP contribution in [0.25, 0.3) is 0 Å². The lowest BCUT2D eigenvalue weighted by Gasteiger charge is -2.52. The topological polar surface area (TPSA) is 74.7 Å². The van der Waals surface area contributed by atoms with Crippen LogP contribution in [0, 0.1) is 52.2 Å². The largest absolute Gasteiger partial charge is 0.405 e. The number of piperidine rings is 1. The van der Waals surface area contributed by atoms with Crippen LogP contribution in [0.2, 0.25) is 0 Å². The van der Waals surface area contributed by atoms with Crippen LogP contribution in [0.15, 0.2) is 11.8 Å². The summed E-state index contributed by atoms with van der Waals surface area (Å²) in [5.41, 5.74) is -3.95. The van der Waals surface area contributed by atoms with Gasteiger partial charge in [0.15, 0.2) is 5.41 Å². The van der Waals surface area contributed by atoms with E-state index in [0.717, 1.165) is 16.2 Å². The highest BCUT2D eigenvalue weighted by molar-refractivity contribution is 7.16. The Kier molecular flexibility index (Phi) is 6.11. The van der Waals surface area contributed by atoms with Crippen LogP contribution in [0.3, 0.4) is 0 Å². The molecule has 1 aromatic rings. The number of thiophene rings is 1. The highest BCUT2D eigenvalue weighted by Crippen LogP contribution is 2.65.